The number of benzene rings is 2. The van der Waals surface area contributed by atoms with Crippen molar-refractivity contribution in [3.05, 3.63) is 53.1 Å². The number of fused-ring (bicyclic) bond motifs is 1. The number of urea groups is 1. The van der Waals surface area contributed by atoms with Gasteiger partial charge in [-0.15, -0.1) is 0 Å². The predicted octanol–water partition coefficient (Wildman–Crippen LogP) is 4.36. The van der Waals surface area contributed by atoms with Crippen LogP contribution >= 0.6 is 0 Å². The zero-order valence-corrected chi connectivity index (χ0v) is 20.6. The van der Waals surface area contributed by atoms with Crippen LogP contribution in [0.4, 0.5) is 10.5 Å². The molecular weight excluding hydrogens is 452 g/mol. The lowest BCUT2D eigenvalue weighted by Crippen LogP contribution is -2.43. The molecule has 0 bridgehead atoms. The number of nitrogens with one attached hydrogen (secondary N) is 1. The molecule has 35 heavy (non-hydrogen) atoms. The average molecular weight is 485 g/mol. The van der Waals surface area contributed by atoms with Gasteiger partial charge in [0.25, 0.3) is 0 Å². The van der Waals surface area contributed by atoms with Gasteiger partial charge in [0.05, 0.1) is 45.0 Å². The van der Waals surface area contributed by atoms with Crippen molar-refractivity contribution in [3.63, 3.8) is 0 Å². The SMILES string of the molecule is CCOC(=O)c1ccc(NC(=O)N2CCc3cc(OCC)c(OCC)cc3C2CC(=O)OC)cc1. The van der Waals surface area contributed by atoms with Crippen molar-refractivity contribution < 1.29 is 33.3 Å². The number of ether oxygens (including phenoxy) is 4. The Labute approximate surface area is 205 Å². The third-order valence-corrected chi connectivity index (χ3v) is 5.66. The van der Waals surface area contributed by atoms with E-state index in [4.69, 9.17) is 18.9 Å². The monoisotopic (exact) mass is 484 g/mol. The number of carbonyl (C=O) groups is 3. The molecule has 0 aromatic heterocycles. The Morgan fingerprint density at radius 1 is 0.971 bits per heavy atom. The summed E-state index contributed by atoms with van der Waals surface area (Å²) in [6.07, 6.45) is 0.590. The molecular formula is C26H32N2O7. The quantitative estimate of drug-likeness (QED) is 0.528. The van der Waals surface area contributed by atoms with E-state index in [-0.39, 0.29) is 19.1 Å². The van der Waals surface area contributed by atoms with Crippen LogP contribution in [-0.2, 0) is 20.7 Å². The van der Waals surface area contributed by atoms with Gasteiger partial charge < -0.3 is 29.2 Å². The Morgan fingerprint density at radius 2 is 1.63 bits per heavy atom. The molecule has 1 aliphatic rings. The molecule has 3 rings (SSSR count). The van der Waals surface area contributed by atoms with Crippen LogP contribution < -0.4 is 14.8 Å². The summed E-state index contributed by atoms with van der Waals surface area (Å²) in [5.41, 5.74) is 2.73. The molecule has 1 heterocycles. The largest absolute Gasteiger partial charge is 0.490 e. The van der Waals surface area contributed by atoms with Gasteiger partial charge in [-0.25, -0.2) is 9.59 Å². The first kappa shape index (κ1) is 25.9. The first-order chi connectivity index (χ1) is 16.9. The number of hydrogen-bond donors (Lipinski definition) is 1. The molecule has 0 spiro atoms. The molecule has 1 atom stereocenters. The minimum Gasteiger partial charge on any atom is -0.490 e. The maximum Gasteiger partial charge on any atom is 0.338 e. The summed E-state index contributed by atoms with van der Waals surface area (Å²) in [7, 11) is 1.32. The van der Waals surface area contributed by atoms with Crippen LogP contribution in [0.1, 0.15) is 54.7 Å². The van der Waals surface area contributed by atoms with Crippen molar-refractivity contribution in [2.24, 2.45) is 0 Å². The molecule has 1 aliphatic heterocycles. The van der Waals surface area contributed by atoms with Crippen molar-refractivity contribution in [2.45, 2.75) is 39.7 Å². The molecule has 2 amide bonds. The summed E-state index contributed by atoms with van der Waals surface area (Å²) in [6, 6.07) is 9.34. The Kier molecular flexibility index (Phi) is 8.94. The van der Waals surface area contributed by atoms with Gasteiger partial charge in [-0.05, 0) is 74.7 Å². The van der Waals surface area contributed by atoms with Crippen LogP contribution in [0, 0.1) is 0 Å². The molecule has 188 valence electrons. The lowest BCUT2D eigenvalue weighted by Gasteiger charge is -2.37. The number of hydrogen-bond acceptors (Lipinski definition) is 7. The van der Waals surface area contributed by atoms with Gasteiger partial charge in [0, 0.05) is 12.2 Å². The van der Waals surface area contributed by atoms with E-state index in [0.29, 0.717) is 48.9 Å². The fraction of sp³-hybridized carbons (Fsp3) is 0.423. The molecule has 9 heteroatoms. The van der Waals surface area contributed by atoms with Crippen molar-refractivity contribution in [3.8, 4) is 11.5 Å². The van der Waals surface area contributed by atoms with Crippen LogP contribution in [0.5, 0.6) is 11.5 Å². The highest BCUT2D eigenvalue weighted by molar-refractivity contribution is 5.93. The van der Waals surface area contributed by atoms with Gasteiger partial charge in [0.15, 0.2) is 11.5 Å². The molecule has 0 aliphatic carbocycles. The van der Waals surface area contributed by atoms with Crippen LogP contribution in [0.25, 0.3) is 0 Å². The van der Waals surface area contributed by atoms with E-state index >= 15 is 0 Å². The average Bonchev–Trinajstić information content (AvgIpc) is 2.85. The van der Waals surface area contributed by atoms with E-state index in [1.807, 2.05) is 26.0 Å². The molecule has 1 N–H and O–H groups in total. The molecule has 2 aromatic carbocycles. The summed E-state index contributed by atoms with van der Waals surface area (Å²) in [5.74, 6) is 0.364. The second kappa shape index (κ2) is 12.1. The highest BCUT2D eigenvalue weighted by Crippen LogP contribution is 2.40. The molecule has 0 saturated heterocycles. The molecule has 2 aromatic rings. The first-order valence-electron chi connectivity index (χ1n) is 11.8. The number of methoxy groups -OCH3 is 1. The van der Waals surface area contributed by atoms with Gasteiger partial charge in [-0.2, -0.15) is 0 Å². The number of anilines is 1. The van der Waals surface area contributed by atoms with Gasteiger partial charge in [0.2, 0.25) is 0 Å². The first-order valence-corrected chi connectivity index (χ1v) is 11.8. The Balaban J connectivity index is 1.87. The van der Waals surface area contributed by atoms with E-state index < -0.39 is 18.0 Å². The number of rotatable bonds is 9. The van der Waals surface area contributed by atoms with Crippen molar-refractivity contribution >= 4 is 23.7 Å². The van der Waals surface area contributed by atoms with Crippen molar-refractivity contribution in [1.82, 2.24) is 4.90 Å². The van der Waals surface area contributed by atoms with E-state index in [0.717, 1.165) is 11.1 Å². The van der Waals surface area contributed by atoms with Crippen LogP contribution in [0.15, 0.2) is 36.4 Å². The Morgan fingerprint density at radius 3 is 2.23 bits per heavy atom. The molecule has 0 fully saturated rings. The van der Waals surface area contributed by atoms with Crippen molar-refractivity contribution in [1.29, 1.82) is 0 Å². The number of carbonyl (C=O) groups excluding carboxylic acids is 3. The van der Waals surface area contributed by atoms with Gasteiger partial charge in [-0.3, -0.25) is 4.79 Å². The van der Waals surface area contributed by atoms with Crippen LogP contribution in [-0.4, -0.2) is 56.3 Å². The summed E-state index contributed by atoms with van der Waals surface area (Å²) >= 11 is 0. The minimum absolute atomic E-state index is 0.00172. The topological polar surface area (TPSA) is 103 Å². The molecule has 9 nitrogen and oxygen atoms in total. The highest BCUT2D eigenvalue weighted by atomic mass is 16.5. The zero-order chi connectivity index (χ0) is 25.4. The van der Waals surface area contributed by atoms with E-state index in [9.17, 15) is 14.4 Å². The maximum atomic E-state index is 13.3. The summed E-state index contributed by atoms with van der Waals surface area (Å²) in [4.78, 5) is 39.0. The smallest absolute Gasteiger partial charge is 0.338 e. The zero-order valence-electron chi connectivity index (χ0n) is 20.6. The Hall–Kier alpha value is -3.75. The molecule has 0 radical (unpaired) electrons. The Bertz CT molecular complexity index is 1050. The fourth-order valence-electron chi connectivity index (χ4n) is 4.05. The summed E-state index contributed by atoms with van der Waals surface area (Å²) in [5, 5.41) is 2.86. The van der Waals surface area contributed by atoms with E-state index in [2.05, 4.69) is 5.32 Å². The van der Waals surface area contributed by atoms with E-state index in [1.54, 1.807) is 36.1 Å². The number of amides is 2. The van der Waals surface area contributed by atoms with Crippen molar-refractivity contribution in [2.75, 3.05) is 38.8 Å². The van der Waals surface area contributed by atoms with Gasteiger partial charge in [-0.1, -0.05) is 0 Å². The minimum atomic E-state index is -0.542. The standard InChI is InChI=1S/C26H32N2O7/c1-5-33-22-14-18-12-13-28(21(16-24(29)32-4)20(18)15-23(22)34-6-2)26(31)27-19-10-8-17(9-11-19)25(30)35-7-3/h8-11,14-15,21H,5-7,12-13,16H2,1-4H3,(H,27,31). The molecule has 0 saturated carbocycles. The number of nitrogens with zero attached hydrogens (tertiary/aromatic N) is 1. The van der Waals surface area contributed by atoms with Crippen LogP contribution in [0.3, 0.4) is 0 Å². The predicted molar refractivity (Wildman–Crippen MR) is 130 cm³/mol. The third kappa shape index (κ3) is 6.23. The van der Waals surface area contributed by atoms with E-state index in [1.165, 1.54) is 7.11 Å². The maximum absolute atomic E-state index is 13.3. The molecule has 1 unspecified atom stereocenters. The normalized spacial score (nSPS) is 14.5. The summed E-state index contributed by atoms with van der Waals surface area (Å²) in [6.45, 7) is 7.16. The van der Waals surface area contributed by atoms with Gasteiger partial charge in [0.1, 0.15) is 0 Å². The lowest BCUT2D eigenvalue weighted by molar-refractivity contribution is -0.141. The third-order valence-electron chi connectivity index (χ3n) is 5.66. The highest BCUT2D eigenvalue weighted by Gasteiger charge is 2.34. The fourth-order valence-corrected chi connectivity index (χ4v) is 4.05. The second-order valence-electron chi connectivity index (χ2n) is 7.83. The number of esters is 2. The van der Waals surface area contributed by atoms with Crippen LogP contribution in [0.2, 0.25) is 0 Å². The summed E-state index contributed by atoms with van der Waals surface area (Å²) < 4.78 is 21.4. The second-order valence-corrected chi connectivity index (χ2v) is 7.83. The van der Waals surface area contributed by atoms with Gasteiger partial charge >= 0.3 is 18.0 Å². The lowest BCUT2D eigenvalue weighted by atomic mass is 9.90.